The maximum absolute atomic E-state index is 3.54. The van der Waals surface area contributed by atoms with E-state index in [1.807, 2.05) is 0 Å². The standard InChI is InChI=1S/2C10H15Si.2ClH.Hf/c2*1-9-4-5-10(8-9)11(2)6-3-7-11;;;/h2*5H,3-4,6-7H2,1-2H3;2*1H;/q2*-1;;;+4/p-2. The zero-order chi connectivity index (χ0) is 15.8. The Morgan fingerprint density at radius 1 is 0.720 bits per heavy atom. The molecule has 0 saturated carbocycles. The largest absolute Gasteiger partial charge is 4.00 e. The molecular weight excluding hydrogens is 546 g/mol. The molecular formula is C20H30Cl2HfSi2. The van der Waals surface area contributed by atoms with Gasteiger partial charge in [0.15, 0.2) is 0 Å². The smallest absolute Gasteiger partial charge is 1.00 e. The summed E-state index contributed by atoms with van der Waals surface area (Å²) in [7, 11) is -1.75. The first-order valence-corrected chi connectivity index (χ1v) is 14.8. The summed E-state index contributed by atoms with van der Waals surface area (Å²) < 4.78 is 0. The van der Waals surface area contributed by atoms with Crippen molar-refractivity contribution < 1.29 is 50.7 Å². The molecule has 5 heteroatoms. The van der Waals surface area contributed by atoms with Crippen molar-refractivity contribution in [3.8, 4) is 0 Å². The van der Waals surface area contributed by atoms with Crippen molar-refractivity contribution in [3.63, 3.8) is 0 Å². The molecule has 2 aliphatic carbocycles. The van der Waals surface area contributed by atoms with E-state index in [-0.39, 0.29) is 50.7 Å². The second-order valence-electron chi connectivity index (χ2n) is 8.28. The van der Waals surface area contributed by atoms with Crippen LogP contribution in [0.1, 0.15) is 39.5 Å². The molecule has 0 aromatic carbocycles. The number of halogens is 2. The minimum Gasteiger partial charge on any atom is -1.00 e. The quantitative estimate of drug-likeness (QED) is 0.326. The molecule has 0 nitrogen and oxygen atoms in total. The minimum absolute atomic E-state index is 0. The van der Waals surface area contributed by atoms with Gasteiger partial charge in [-0.2, -0.15) is 11.1 Å². The molecule has 0 aromatic rings. The third-order valence-corrected chi connectivity index (χ3v) is 15.2. The SMILES string of the molecule is CC1=[C-]C([Si]2(C)CCC2)=CC1.CC1=[C-]C([Si]2(C)CCC2)=CC1.[Cl-].[Cl-].[Hf+4]. The van der Waals surface area contributed by atoms with Gasteiger partial charge in [0.1, 0.15) is 0 Å². The Labute approximate surface area is 188 Å². The minimum atomic E-state index is -0.876. The van der Waals surface area contributed by atoms with Crippen molar-refractivity contribution in [3.05, 3.63) is 45.8 Å². The van der Waals surface area contributed by atoms with E-state index in [1.165, 1.54) is 61.0 Å². The van der Waals surface area contributed by atoms with E-state index in [1.54, 1.807) is 10.4 Å². The molecule has 0 amide bonds. The molecule has 0 unspecified atom stereocenters. The summed E-state index contributed by atoms with van der Waals surface area (Å²) in [6.07, 6.45) is 17.2. The van der Waals surface area contributed by atoms with Crippen molar-refractivity contribution in [2.24, 2.45) is 0 Å². The van der Waals surface area contributed by atoms with E-state index >= 15 is 0 Å². The van der Waals surface area contributed by atoms with Gasteiger partial charge < -0.3 is 24.8 Å². The molecule has 0 bridgehead atoms. The molecule has 2 aliphatic heterocycles. The van der Waals surface area contributed by atoms with Crippen LogP contribution in [0.2, 0.25) is 37.3 Å². The summed E-state index contributed by atoms with van der Waals surface area (Å²) in [6, 6.07) is 6.05. The molecule has 136 valence electrons. The Kier molecular flexibility index (Phi) is 10.8. The fourth-order valence-corrected chi connectivity index (χ4v) is 10.0. The van der Waals surface area contributed by atoms with Gasteiger partial charge in [-0.3, -0.25) is 12.2 Å². The monoisotopic (exact) mass is 576 g/mol. The third-order valence-electron chi connectivity index (χ3n) is 6.14. The Morgan fingerprint density at radius 2 is 1.04 bits per heavy atom. The van der Waals surface area contributed by atoms with Gasteiger partial charge in [-0.05, 0) is 0 Å². The van der Waals surface area contributed by atoms with Gasteiger partial charge in [-0.15, -0.1) is 0 Å². The number of hydrogen-bond acceptors (Lipinski definition) is 0. The van der Waals surface area contributed by atoms with E-state index in [4.69, 9.17) is 0 Å². The first kappa shape index (κ1) is 25.8. The molecule has 4 rings (SSSR count). The van der Waals surface area contributed by atoms with Crippen molar-refractivity contribution >= 4 is 16.1 Å². The predicted molar refractivity (Wildman–Crippen MR) is 102 cm³/mol. The van der Waals surface area contributed by atoms with E-state index in [0.29, 0.717) is 0 Å². The predicted octanol–water partition coefficient (Wildman–Crippen LogP) is 0.180. The van der Waals surface area contributed by atoms with Crippen LogP contribution in [0.3, 0.4) is 0 Å². The molecule has 0 radical (unpaired) electrons. The van der Waals surface area contributed by atoms with Crippen LogP contribution in [-0.4, -0.2) is 16.1 Å². The number of allylic oxidation sites excluding steroid dienone is 8. The molecule has 2 heterocycles. The zero-order valence-electron chi connectivity index (χ0n) is 16.1. The average Bonchev–Trinajstić information content (AvgIpc) is 3.03. The van der Waals surface area contributed by atoms with Gasteiger partial charge in [-0.1, -0.05) is 76.8 Å². The summed E-state index contributed by atoms with van der Waals surface area (Å²) in [5.74, 6) is 0. The van der Waals surface area contributed by atoms with Crippen LogP contribution in [0.15, 0.2) is 33.7 Å². The fraction of sp³-hybridized carbons (Fsp3) is 0.600. The Morgan fingerprint density at radius 3 is 1.20 bits per heavy atom. The topological polar surface area (TPSA) is 0 Å². The Bertz CT molecular complexity index is 531. The van der Waals surface area contributed by atoms with Gasteiger partial charge in [0.25, 0.3) is 0 Å². The van der Waals surface area contributed by atoms with Crippen LogP contribution in [0.25, 0.3) is 0 Å². The summed E-state index contributed by atoms with van der Waals surface area (Å²) in [4.78, 5) is 0. The van der Waals surface area contributed by atoms with E-state index in [0.717, 1.165) is 0 Å². The van der Waals surface area contributed by atoms with Crippen LogP contribution in [0, 0.1) is 12.2 Å². The molecule has 2 saturated heterocycles. The summed E-state index contributed by atoms with van der Waals surface area (Å²) in [6.45, 7) is 9.40. The maximum Gasteiger partial charge on any atom is 4.00 e. The van der Waals surface area contributed by atoms with E-state index in [2.05, 4.69) is 51.2 Å². The summed E-state index contributed by atoms with van der Waals surface area (Å²) in [5, 5.41) is 3.25. The third kappa shape index (κ3) is 5.91. The van der Waals surface area contributed by atoms with Gasteiger partial charge >= 0.3 is 25.8 Å². The zero-order valence-corrected chi connectivity index (χ0v) is 23.2. The van der Waals surface area contributed by atoms with Crippen LogP contribution in [0.5, 0.6) is 0 Å². The van der Waals surface area contributed by atoms with Crippen LogP contribution in [0.4, 0.5) is 0 Å². The van der Waals surface area contributed by atoms with Crippen LogP contribution < -0.4 is 24.8 Å². The Hall–Kier alpha value is 0.844. The first-order chi connectivity index (χ1) is 10.4. The molecule has 4 aliphatic rings. The van der Waals surface area contributed by atoms with Gasteiger partial charge in [0.2, 0.25) is 0 Å². The summed E-state index contributed by atoms with van der Waals surface area (Å²) >= 11 is 0. The second kappa shape index (κ2) is 10.4. The van der Waals surface area contributed by atoms with Gasteiger partial charge in [0.05, 0.1) is 0 Å². The maximum atomic E-state index is 3.54. The van der Waals surface area contributed by atoms with E-state index in [9.17, 15) is 0 Å². The fourth-order valence-electron chi connectivity index (χ4n) is 3.92. The molecule has 0 atom stereocenters. The van der Waals surface area contributed by atoms with Crippen LogP contribution >= 0.6 is 0 Å². The molecule has 2 fully saturated rings. The van der Waals surface area contributed by atoms with Crippen molar-refractivity contribution in [2.45, 2.75) is 76.8 Å². The van der Waals surface area contributed by atoms with E-state index < -0.39 is 16.1 Å². The van der Waals surface area contributed by atoms with Crippen molar-refractivity contribution in [1.82, 2.24) is 0 Å². The van der Waals surface area contributed by atoms with Crippen molar-refractivity contribution in [1.29, 1.82) is 0 Å². The molecule has 0 N–H and O–H groups in total. The Balaban J connectivity index is 0.000000411. The number of hydrogen-bond donors (Lipinski definition) is 0. The van der Waals surface area contributed by atoms with Gasteiger partial charge in [-0.25, -0.2) is 22.5 Å². The second-order valence-corrected chi connectivity index (χ2v) is 17.6. The molecule has 0 aromatic heterocycles. The van der Waals surface area contributed by atoms with Crippen molar-refractivity contribution in [2.75, 3.05) is 0 Å². The summed E-state index contributed by atoms with van der Waals surface area (Å²) in [5.41, 5.74) is 2.89. The number of rotatable bonds is 2. The first-order valence-electron chi connectivity index (χ1n) is 9.02. The molecule has 0 spiro atoms. The molecule has 25 heavy (non-hydrogen) atoms. The average molecular weight is 576 g/mol. The van der Waals surface area contributed by atoms with Crippen LogP contribution in [-0.2, 0) is 25.8 Å². The normalized spacial score (nSPS) is 24.2. The van der Waals surface area contributed by atoms with Gasteiger partial charge in [0, 0.05) is 16.1 Å².